The van der Waals surface area contributed by atoms with Gasteiger partial charge in [0.2, 0.25) is 0 Å². The van der Waals surface area contributed by atoms with Crippen molar-refractivity contribution in [3.63, 3.8) is 0 Å². The van der Waals surface area contributed by atoms with Gasteiger partial charge in [-0.15, -0.1) is 0 Å². The number of aryl methyl sites for hydroxylation is 2. The lowest BCUT2D eigenvalue weighted by molar-refractivity contribution is -0.123. The number of hydrogen-bond donors (Lipinski definition) is 0. The zero-order valence-electron chi connectivity index (χ0n) is 14.1. The van der Waals surface area contributed by atoms with Crippen molar-refractivity contribution in [3.05, 3.63) is 65.2 Å². The van der Waals surface area contributed by atoms with Crippen LogP contribution in [0, 0.1) is 13.8 Å². The molecule has 0 saturated carbocycles. The maximum absolute atomic E-state index is 12.9. The third-order valence-corrected chi connectivity index (χ3v) is 4.79. The number of nitrogens with zero attached hydrogens (tertiary/aromatic N) is 4. The maximum atomic E-state index is 12.9. The first-order valence-corrected chi connectivity index (χ1v) is 8.22. The molecule has 2 aliphatic heterocycles. The van der Waals surface area contributed by atoms with Crippen LogP contribution < -0.4 is 4.90 Å². The highest BCUT2D eigenvalue weighted by Crippen LogP contribution is 2.33. The van der Waals surface area contributed by atoms with Crippen LogP contribution in [0.3, 0.4) is 0 Å². The maximum Gasteiger partial charge on any atom is 0.263 e. The fourth-order valence-corrected chi connectivity index (χ4v) is 3.24. The van der Waals surface area contributed by atoms with E-state index >= 15 is 0 Å². The molecule has 0 aliphatic carbocycles. The monoisotopic (exact) mass is 334 g/mol. The lowest BCUT2D eigenvalue weighted by Gasteiger charge is -2.21. The topological polar surface area (TPSA) is 65.3 Å². The lowest BCUT2D eigenvalue weighted by atomic mass is 10.1. The Morgan fingerprint density at radius 2 is 1.72 bits per heavy atom. The summed E-state index contributed by atoms with van der Waals surface area (Å²) in [6, 6.07) is 13.9. The van der Waals surface area contributed by atoms with Gasteiger partial charge >= 0.3 is 0 Å². The highest BCUT2D eigenvalue weighted by molar-refractivity contribution is 6.25. The third-order valence-electron chi connectivity index (χ3n) is 4.79. The number of hydrogen-bond acceptors (Lipinski definition) is 5. The second-order valence-corrected chi connectivity index (χ2v) is 6.46. The van der Waals surface area contributed by atoms with Crippen LogP contribution in [-0.4, -0.2) is 28.9 Å². The molecule has 0 N–H and O–H groups in total. The number of fused-ring (bicyclic) bond motifs is 1. The molecule has 2 aliphatic rings. The molecule has 126 valence electrons. The average Bonchev–Trinajstić information content (AvgIpc) is 3.12. The molecule has 4 rings (SSSR count). The van der Waals surface area contributed by atoms with Crippen molar-refractivity contribution >= 4 is 17.5 Å². The zero-order chi connectivity index (χ0) is 17.6. The summed E-state index contributed by atoms with van der Waals surface area (Å²) in [5, 5.41) is 9.74. The molecule has 0 aromatic heterocycles. The van der Waals surface area contributed by atoms with Gasteiger partial charge in [-0.1, -0.05) is 41.6 Å². The van der Waals surface area contributed by atoms with E-state index in [1.807, 2.05) is 56.3 Å². The van der Waals surface area contributed by atoms with E-state index in [-0.39, 0.29) is 11.8 Å². The normalized spacial score (nSPS) is 22.0. The van der Waals surface area contributed by atoms with E-state index < -0.39 is 12.1 Å². The molecule has 0 radical (unpaired) electrons. The van der Waals surface area contributed by atoms with E-state index in [9.17, 15) is 9.59 Å². The van der Waals surface area contributed by atoms with Crippen LogP contribution in [-0.2, 0) is 16.1 Å². The minimum atomic E-state index is -0.752. The van der Waals surface area contributed by atoms with Crippen LogP contribution >= 0.6 is 0 Å². The first kappa shape index (κ1) is 15.5. The van der Waals surface area contributed by atoms with Crippen molar-refractivity contribution in [2.24, 2.45) is 10.3 Å². The van der Waals surface area contributed by atoms with Gasteiger partial charge in [-0.25, -0.2) is 4.90 Å². The van der Waals surface area contributed by atoms with Gasteiger partial charge in [0.15, 0.2) is 12.1 Å². The van der Waals surface area contributed by atoms with Crippen LogP contribution in [0.15, 0.2) is 58.9 Å². The molecule has 2 aromatic rings. The zero-order valence-corrected chi connectivity index (χ0v) is 14.1. The first-order chi connectivity index (χ1) is 12.1. The highest BCUT2D eigenvalue weighted by atomic mass is 16.2. The summed E-state index contributed by atoms with van der Waals surface area (Å²) < 4.78 is 0. The Labute approximate surface area is 145 Å². The Bertz CT molecular complexity index is 878. The molecule has 0 unspecified atom stereocenters. The van der Waals surface area contributed by atoms with Crippen molar-refractivity contribution in [2.45, 2.75) is 32.5 Å². The molecular formula is C19H18N4O2. The van der Waals surface area contributed by atoms with Gasteiger partial charge in [0, 0.05) is 0 Å². The van der Waals surface area contributed by atoms with Gasteiger partial charge in [-0.05, 0) is 42.7 Å². The number of rotatable bonds is 3. The summed E-state index contributed by atoms with van der Waals surface area (Å²) in [5.74, 6) is -0.572. The van der Waals surface area contributed by atoms with Gasteiger partial charge < -0.3 is 0 Å². The Kier molecular flexibility index (Phi) is 3.60. The van der Waals surface area contributed by atoms with Gasteiger partial charge in [-0.2, -0.15) is 5.11 Å². The molecule has 2 atom stereocenters. The van der Waals surface area contributed by atoms with Crippen molar-refractivity contribution < 1.29 is 9.59 Å². The smallest absolute Gasteiger partial charge is 0.263 e. The highest BCUT2D eigenvalue weighted by Gasteiger charge is 2.54. The molecule has 6 heteroatoms. The largest absolute Gasteiger partial charge is 0.271 e. The number of imide groups is 1. The standard InChI is InChI=1S/C19H18N4O2/c1-12-8-9-15(10-13(12)2)23-18(24)16-17(19(23)25)22(21-20-16)11-14-6-4-3-5-7-14/h3-10,16-17H,11H2,1-2H3/t16-,17+/m0/s1. The van der Waals surface area contributed by atoms with Crippen LogP contribution in [0.5, 0.6) is 0 Å². The number of anilines is 1. The Morgan fingerprint density at radius 3 is 2.44 bits per heavy atom. The van der Waals surface area contributed by atoms with E-state index in [2.05, 4.69) is 10.3 Å². The molecule has 25 heavy (non-hydrogen) atoms. The summed E-state index contributed by atoms with van der Waals surface area (Å²) in [6.07, 6.45) is 0. The summed E-state index contributed by atoms with van der Waals surface area (Å²) in [7, 11) is 0. The predicted molar refractivity (Wildman–Crippen MR) is 92.8 cm³/mol. The number of carbonyl (C=O) groups excluding carboxylic acids is 2. The van der Waals surface area contributed by atoms with Gasteiger partial charge in [-0.3, -0.25) is 14.6 Å². The van der Waals surface area contributed by atoms with Crippen molar-refractivity contribution in [1.29, 1.82) is 0 Å². The third kappa shape index (κ3) is 2.50. The summed E-state index contributed by atoms with van der Waals surface area (Å²) >= 11 is 0. The second-order valence-electron chi connectivity index (χ2n) is 6.46. The predicted octanol–water partition coefficient (Wildman–Crippen LogP) is 2.80. The van der Waals surface area contributed by atoms with Crippen LogP contribution in [0.2, 0.25) is 0 Å². The van der Waals surface area contributed by atoms with Gasteiger partial charge in [0.25, 0.3) is 11.8 Å². The van der Waals surface area contributed by atoms with Crippen LogP contribution in [0.4, 0.5) is 5.69 Å². The van der Waals surface area contributed by atoms with Crippen LogP contribution in [0.1, 0.15) is 16.7 Å². The average molecular weight is 334 g/mol. The van der Waals surface area contributed by atoms with E-state index in [0.29, 0.717) is 12.2 Å². The Balaban J connectivity index is 1.62. The molecule has 2 aromatic carbocycles. The molecule has 0 spiro atoms. The van der Waals surface area contributed by atoms with E-state index in [1.165, 1.54) is 4.90 Å². The minimum Gasteiger partial charge on any atom is -0.271 e. The fraction of sp³-hybridized carbons (Fsp3) is 0.263. The number of benzene rings is 2. The molecule has 6 nitrogen and oxygen atoms in total. The fourth-order valence-electron chi connectivity index (χ4n) is 3.24. The Hall–Kier alpha value is -3.02. The van der Waals surface area contributed by atoms with E-state index in [0.717, 1.165) is 16.7 Å². The number of amides is 2. The summed E-state index contributed by atoms with van der Waals surface area (Å²) in [4.78, 5) is 26.9. The van der Waals surface area contributed by atoms with Crippen molar-refractivity contribution in [3.8, 4) is 0 Å². The van der Waals surface area contributed by atoms with Crippen molar-refractivity contribution in [1.82, 2.24) is 5.01 Å². The Morgan fingerprint density at radius 1 is 0.960 bits per heavy atom. The molecule has 0 bridgehead atoms. The quantitative estimate of drug-likeness (QED) is 0.811. The summed E-state index contributed by atoms with van der Waals surface area (Å²) in [6.45, 7) is 4.41. The van der Waals surface area contributed by atoms with Gasteiger partial charge in [0.1, 0.15) is 0 Å². The molecule has 2 heterocycles. The molecule has 1 saturated heterocycles. The minimum absolute atomic E-state index is 0.265. The van der Waals surface area contributed by atoms with E-state index in [4.69, 9.17) is 0 Å². The van der Waals surface area contributed by atoms with E-state index in [1.54, 1.807) is 11.1 Å². The lowest BCUT2D eigenvalue weighted by Crippen LogP contribution is -2.39. The summed E-state index contributed by atoms with van der Waals surface area (Å²) in [5.41, 5.74) is 3.78. The first-order valence-electron chi connectivity index (χ1n) is 8.22. The molecular weight excluding hydrogens is 316 g/mol. The SMILES string of the molecule is Cc1ccc(N2C(=O)[C@H]3N=NN(Cc4ccccc4)[C@H]3C2=O)cc1C. The van der Waals surface area contributed by atoms with Crippen LogP contribution in [0.25, 0.3) is 0 Å². The molecule has 1 fully saturated rings. The van der Waals surface area contributed by atoms with Gasteiger partial charge in [0.05, 0.1) is 12.2 Å². The molecule has 2 amide bonds. The second kappa shape index (κ2) is 5.81. The van der Waals surface area contributed by atoms with Crippen molar-refractivity contribution in [2.75, 3.05) is 4.90 Å². The number of carbonyl (C=O) groups is 2.